The molecule has 0 rings (SSSR count). The summed E-state index contributed by atoms with van der Waals surface area (Å²) in [5.41, 5.74) is -0.131. The Morgan fingerprint density at radius 3 is 2.18 bits per heavy atom. The first kappa shape index (κ1) is 16.7. The van der Waals surface area contributed by atoms with Crippen LogP contribution in [0.2, 0.25) is 0 Å². The van der Waals surface area contributed by atoms with Gasteiger partial charge in [-0.05, 0) is 31.7 Å². The van der Waals surface area contributed by atoms with E-state index in [1.807, 2.05) is 33.3 Å². The van der Waals surface area contributed by atoms with Gasteiger partial charge in [-0.15, -0.1) is 0 Å². The average molecular weight is 265 g/mol. The maximum absolute atomic E-state index is 11.2. The normalized spacial score (nSPS) is 11.9. The molecule has 0 atom stereocenters. The predicted molar refractivity (Wildman–Crippen MR) is 71.6 cm³/mol. The van der Waals surface area contributed by atoms with E-state index < -0.39 is 0 Å². The summed E-state index contributed by atoms with van der Waals surface area (Å²) >= 11 is 0. The third kappa shape index (κ3) is 13.7. The van der Waals surface area contributed by atoms with Crippen LogP contribution in [-0.2, 0) is 29.9 Å². The molecule has 17 heavy (non-hydrogen) atoms. The fraction of sp³-hybridized carbons (Fsp3) is 0.917. The summed E-state index contributed by atoms with van der Waals surface area (Å²) in [6, 6.07) is 0. The second kappa shape index (κ2) is 8.78. The van der Waals surface area contributed by atoms with Gasteiger partial charge in [0.25, 0.3) is 0 Å². The molecule has 0 aliphatic rings. The van der Waals surface area contributed by atoms with Gasteiger partial charge in [-0.1, -0.05) is 0 Å². The molecule has 102 valence electrons. The topological polar surface area (TPSA) is 44.8 Å². The van der Waals surface area contributed by atoms with Crippen molar-refractivity contribution in [2.45, 2.75) is 26.4 Å². The Kier molecular flexibility index (Phi) is 8.64. The molecule has 5 heteroatoms. The van der Waals surface area contributed by atoms with E-state index in [1.165, 1.54) is 0 Å². The van der Waals surface area contributed by atoms with Crippen molar-refractivity contribution in [1.82, 2.24) is 0 Å². The minimum atomic E-state index is -0.145. The maximum Gasteiger partial charge on any atom is 0.356 e. The molecule has 0 aromatic rings. The standard InChI is InChI=1S/C12H25O4S/c1-12(2,3)16-9-7-14-6-8-15-11(13)10-17(4)5/h6-10H2,1-5H3/q+1. The highest BCUT2D eigenvalue weighted by Gasteiger charge is 2.12. The highest BCUT2D eigenvalue weighted by Crippen LogP contribution is 2.05. The Labute approximate surface area is 107 Å². The fourth-order valence-electron chi connectivity index (χ4n) is 1.00. The molecule has 0 heterocycles. The molecular weight excluding hydrogens is 240 g/mol. The summed E-state index contributed by atoms with van der Waals surface area (Å²) in [6.07, 6.45) is 4.03. The predicted octanol–water partition coefficient (Wildman–Crippen LogP) is 1.24. The van der Waals surface area contributed by atoms with Crippen LogP contribution in [0, 0.1) is 0 Å². The lowest BCUT2D eigenvalue weighted by Gasteiger charge is -2.19. The first-order valence-electron chi connectivity index (χ1n) is 5.73. The van der Waals surface area contributed by atoms with Crippen molar-refractivity contribution < 1.29 is 19.0 Å². The highest BCUT2D eigenvalue weighted by molar-refractivity contribution is 7.96. The van der Waals surface area contributed by atoms with E-state index in [4.69, 9.17) is 14.2 Å². The van der Waals surface area contributed by atoms with Crippen LogP contribution < -0.4 is 0 Å². The number of esters is 1. The second-order valence-electron chi connectivity index (χ2n) is 4.92. The first-order valence-corrected chi connectivity index (χ1v) is 7.94. The molecule has 0 unspecified atom stereocenters. The number of carbonyl (C=O) groups excluding carboxylic acids is 1. The summed E-state index contributed by atoms with van der Waals surface area (Å²) in [4.78, 5) is 11.2. The van der Waals surface area contributed by atoms with Gasteiger partial charge >= 0.3 is 5.97 Å². The zero-order valence-corrected chi connectivity index (χ0v) is 12.4. The Balaban J connectivity index is 3.27. The van der Waals surface area contributed by atoms with Crippen LogP contribution in [0.15, 0.2) is 0 Å². The van der Waals surface area contributed by atoms with Gasteiger partial charge in [0.1, 0.15) is 6.61 Å². The number of hydrogen-bond donors (Lipinski definition) is 0. The highest BCUT2D eigenvalue weighted by atomic mass is 32.2. The number of hydrogen-bond acceptors (Lipinski definition) is 4. The van der Waals surface area contributed by atoms with Gasteiger partial charge in [-0.3, -0.25) is 0 Å². The third-order valence-electron chi connectivity index (χ3n) is 1.66. The third-order valence-corrected chi connectivity index (χ3v) is 2.47. The molecule has 0 fully saturated rings. The smallest absolute Gasteiger partial charge is 0.356 e. The Bertz CT molecular complexity index is 211. The maximum atomic E-state index is 11.2. The Hall–Kier alpha value is -0.260. The van der Waals surface area contributed by atoms with Crippen LogP contribution in [0.4, 0.5) is 0 Å². The molecule has 0 bridgehead atoms. The Morgan fingerprint density at radius 2 is 1.65 bits per heavy atom. The van der Waals surface area contributed by atoms with Crippen molar-refractivity contribution in [3.63, 3.8) is 0 Å². The van der Waals surface area contributed by atoms with Gasteiger partial charge in [-0.2, -0.15) is 0 Å². The van der Waals surface area contributed by atoms with E-state index in [9.17, 15) is 4.79 Å². The Morgan fingerprint density at radius 1 is 1.06 bits per heavy atom. The summed E-state index contributed by atoms with van der Waals surface area (Å²) in [5, 5.41) is 0. The first-order chi connectivity index (χ1) is 7.81. The molecule has 0 saturated heterocycles. The molecule has 0 radical (unpaired) electrons. The minimum absolute atomic E-state index is 0.0987. The molecule has 4 nitrogen and oxygen atoms in total. The largest absolute Gasteiger partial charge is 0.460 e. The van der Waals surface area contributed by atoms with Crippen LogP contribution >= 0.6 is 0 Å². The van der Waals surface area contributed by atoms with Gasteiger partial charge in [0.2, 0.25) is 5.75 Å². The van der Waals surface area contributed by atoms with Gasteiger partial charge in [0.15, 0.2) is 0 Å². The molecule has 0 spiro atoms. The lowest BCUT2D eigenvalue weighted by Crippen LogP contribution is -2.23. The van der Waals surface area contributed by atoms with Gasteiger partial charge < -0.3 is 14.2 Å². The van der Waals surface area contributed by atoms with Crippen molar-refractivity contribution in [1.29, 1.82) is 0 Å². The quantitative estimate of drug-likeness (QED) is 0.376. The zero-order valence-electron chi connectivity index (χ0n) is 11.6. The van der Waals surface area contributed by atoms with Crippen molar-refractivity contribution in [3.05, 3.63) is 0 Å². The van der Waals surface area contributed by atoms with Gasteiger partial charge in [0, 0.05) is 0 Å². The molecular formula is C12H25O4S+. The van der Waals surface area contributed by atoms with Crippen molar-refractivity contribution >= 4 is 16.9 Å². The molecule has 0 saturated carbocycles. The van der Waals surface area contributed by atoms with Crippen LogP contribution in [0.1, 0.15) is 20.8 Å². The summed E-state index contributed by atoms with van der Waals surface area (Å²) < 4.78 is 15.8. The van der Waals surface area contributed by atoms with E-state index in [1.54, 1.807) is 0 Å². The second-order valence-corrected chi connectivity index (χ2v) is 7.18. The molecule has 0 N–H and O–H groups in total. The monoisotopic (exact) mass is 265 g/mol. The van der Waals surface area contributed by atoms with Crippen molar-refractivity contribution in [2.24, 2.45) is 0 Å². The molecule has 0 amide bonds. The molecule has 0 aromatic carbocycles. The number of carbonyl (C=O) groups is 1. The van der Waals surface area contributed by atoms with E-state index in [0.717, 1.165) is 0 Å². The van der Waals surface area contributed by atoms with E-state index in [0.29, 0.717) is 32.2 Å². The van der Waals surface area contributed by atoms with E-state index >= 15 is 0 Å². The summed E-state index contributed by atoms with van der Waals surface area (Å²) in [7, 11) is 0.0987. The van der Waals surface area contributed by atoms with Crippen LogP contribution in [-0.4, -0.2) is 56.3 Å². The van der Waals surface area contributed by atoms with E-state index in [-0.39, 0.29) is 22.5 Å². The fourth-order valence-corrected chi connectivity index (χ4v) is 1.56. The minimum Gasteiger partial charge on any atom is -0.460 e. The summed E-state index contributed by atoms with van der Waals surface area (Å²) in [5.74, 6) is 0.348. The lowest BCUT2D eigenvalue weighted by molar-refractivity contribution is -0.142. The van der Waals surface area contributed by atoms with E-state index in [2.05, 4.69) is 0 Å². The SMILES string of the molecule is C[S+](C)CC(=O)OCCOCCOC(C)(C)C. The molecule has 0 aliphatic heterocycles. The molecule has 0 aromatic heterocycles. The number of rotatable bonds is 8. The van der Waals surface area contributed by atoms with Crippen molar-refractivity contribution in [3.8, 4) is 0 Å². The van der Waals surface area contributed by atoms with Crippen molar-refractivity contribution in [2.75, 3.05) is 44.7 Å². The van der Waals surface area contributed by atoms with Crippen LogP contribution in [0.5, 0.6) is 0 Å². The average Bonchev–Trinajstić information content (AvgIpc) is 2.13. The summed E-state index contributed by atoms with van der Waals surface area (Å²) in [6.45, 7) is 7.85. The van der Waals surface area contributed by atoms with Crippen LogP contribution in [0.25, 0.3) is 0 Å². The molecule has 0 aliphatic carbocycles. The zero-order chi connectivity index (χ0) is 13.3. The van der Waals surface area contributed by atoms with Gasteiger partial charge in [-0.25, -0.2) is 4.79 Å². The number of ether oxygens (including phenoxy) is 3. The van der Waals surface area contributed by atoms with Crippen LogP contribution in [0.3, 0.4) is 0 Å². The van der Waals surface area contributed by atoms with Gasteiger partial charge in [0.05, 0.1) is 37.9 Å². The lowest BCUT2D eigenvalue weighted by atomic mass is 10.2.